The van der Waals surface area contributed by atoms with Gasteiger partial charge in [-0.2, -0.15) is 0 Å². The van der Waals surface area contributed by atoms with Gasteiger partial charge in [0.2, 0.25) is 0 Å². The van der Waals surface area contributed by atoms with Gasteiger partial charge in [0, 0.05) is 2.74 Å². The zero-order valence-electron chi connectivity index (χ0n) is 6.89. The summed E-state index contributed by atoms with van der Waals surface area (Å²) in [5.41, 5.74) is 0.461. The van der Waals surface area contributed by atoms with Gasteiger partial charge in [0.1, 0.15) is 0 Å². The molecule has 1 aromatic rings. The molecule has 1 rings (SSSR count). The van der Waals surface area contributed by atoms with Crippen LogP contribution in [0, 0.1) is 6.88 Å². The van der Waals surface area contributed by atoms with Crippen molar-refractivity contribution in [3.05, 3.63) is 35.9 Å². The van der Waals surface area contributed by atoms with Gasteiger partial charge in [-0.3, -0.25) is 0 Å². The molecule has 0 aliphatic heterocycles. The molecule has 36 valence electrons. The molecule has 0 bridgehead atoms. The first-order valence-corrected chi connectivity index (χ1v) is 2.12. The summed E-state index contributed by atoms with van der Waals surface area (Å²) >= 11 is 0. The fourth-order valence-electron chi connectivity index (χ4n) is 0.407. The molecule has 0 heterocycles. The van der Waals surface area contributed by atoms with Crippen molar-refractivity contribution >= 4 is 0 Å². The normalized spacial score (nSPS) is 15.3. The van der Waals surface area contributed by atoms with E-state index in [1.165, 1.54) is 0 Å². The zero-order valence-corrected chi connectivity index (χ0v) is 3.89. The number of benzene rings is 1. The smallest absolute Gasteiger partial charge is 0.0622 e. The maximum Gasteiger partial charge on any atom is 0.0625 e. The highest BCUT2D eigenvalue weighted by Crippen LogP contribution is 1.92. The molecule has 0 saturated heterocycles. The van der Waals surface area contributed by atoms with Gasteiger partial charge in [0.25, 0.3) is 0 Å². The second-order valence-electron chi connectivity index (χ2n) is 1.32. The topological polar surface area (TPSA) is 0 Å². The van der Waals surface area contributed by atoms with Crippen LogP contribution in [0.1, 0.15) is 9.68 Å². The van der Waals surface area contributed by atoms with E-state index >= 15 is 0 Å². The average molecular weight is 95.2 g/mol. The summed E-state index contributed by atoms with van der Waals surface area (Å²) in [7, 11) is 0. The second-order valence-corrected chi connectivity index (χ2v) is 1.32. The van der Waals surface area contributed by atoms with E-state index in [0.717, 1.165) is 0 Å². The van der Waals surface area contributed by atoms with Gasteiger partial charge < -0.3 is 0 Å². The number of aryl methyl sites for hydroxylation is 1. The fourth-order valence-corrected chi connectivity index (χ4v) is 0.407. The maximum atomic E-state index is 7.26. The van der Waals surface area contributed by atoms with Crippen LogP contribution in [0.4, 0.5) is 0 Å². The highest BCUT2D eigenvalue weighted by molar-refractivity contribution is 5.11. The van der Waals surface area contributed by atoms with Gasteiger partial charge in [-0.15, -0.1) is 0 Å². The van der Waals surface area contributed by atoms with Gasteiger partial charge in [0.05, 0.1) is 1.37 Å². The van der Waals surface area contributed by atoms with Crippen molar-refractivity contribution in [1.82, 2.24) is 0 Å². The third kappa shape index (κ3) is 1.04. The maximum absolute atomic E-state index is 7.26. The Labute approximate surface area is 48.0 Å². The summed E-state index contributed by atoms with van der Waals surface area (Å²) < 4.78 is 21.3. The van der Waals surface area contributed by atoms with E-state index in [-0.39, 0.29) is 6.04 Å². The lowest BCUT2D eigenvalue weighted by Gasteiger charge is -1.82. The molecule has 0 aliphatic rings. The Hall–Kier alpha value is -0.780. The molecule has 0 aromatic heterocycles. The van der Waals surface area contributed by atoms with Crippen LogP contribution in [0.25, 0.3) is 0 Å². The Balaban J connectivity index is 3.03. The molecule has 0 N–H and O–H groups in total. The van der Waals surface area contributed by atoms with Crippen LogP contribution in [-0.4, -0.2) is 0 Å². The van der Waals surface area contributed by atoms with Crippen LogP contribution >= 0.6 is 0 Å². The molecule has 0 radical (unpaired) electrons. The largest absolute Gasteiger partial charge is 0.0625 e. The predicted molar refractivity (Wildman–Crippen MR) is 31.2 cm³/mol. The van der Waals surface area contributed by atoms with Gasteiger partial charge in [-0.1, -0.05) is 35.9 Å². The Morgan fingerprint density at radius 2 is 2.57 bits per heavy atom. The summed E-state index contributed by atoms with van der Waals surface area (Å²) in [6.45, 7) is -1.03. The molecule has 0 atom stereocenters. The van der Waals surface area contributed by atoms with Crippen LogP contribution in [0.2, 0.25) is 0 Å². The van der Waals surface area contributed by atoms with E-state index in [4.69, 9.17) is 4.11 Å². The van der Waals surface area contributed by atoms with Crippen LogP contribution in [0.5, 0.6) is 0 Å². The van der Waals surface area contributed by atoms with Crippen molar-refractivity contribution in [3.8, 4) is 0 Å². The van der Waals surface area contributed by atoms with Crippen molar-refractivity contribution in [3.63, 3.8) is 0 Å². The molecule has 0 amide bonds. The Morgan fingerprint density at radius 1 is 1.57 bits per heavy atom. The molecule has 1 aromatic carbocycles. The third-order valence-electron chi connectivity index (χ3n) is 0.733. The SMILES string of the molecule is [2H]c1ccccc1C([2H])[2H]. The number of rotatable bonds is 0. The molecule has 0 heteroatoms. The summed E-state index contributed by atoms with van der Waals surface area (Å²) in [6.07, 6.45) is 0. The van der Waals surface area contributed by atoms with Crippen molar-refractivity contribution in [2.45, 2.75) is 6.88 Å². The van der Waals surface area contributed by atoms with Crippen molar-refractivity contribution < 1.29 is 4.11 Å². The Kier molecular flexibility index (Phi) is 0.508. The zero-order chi connectivity index (χ0) is 7.56. The van der Waals surface area contributed by atoms with Crippen molar-refractivity contribution in [2.75, 3.05) is 0 Å². The standard InChI is InChI=1S/C7H8/c1-7-5-3-2-4-6-7/h2-6H,1H3/i1D2,5D. The van der Waals surface area contributed by atoms with E-state index < -0.39 is 6.88 Å². The molecule has 0 saturated carbocycles. The van der Waals surface area contributed by atoms with Crippen LogP contribution in [0.15, 0.2) is 30.3 Å². The van der Waals surface area contributed by atoms with Crippen molar-refractivity contribution in [1.29, 1.82) is 0 Å². The van der Waals surface area contributed by atoms with Crippen LogP contribution in [0.3, 0.4) is 0 Å². The lowest BCUT2D eigenvalue weighted by atomic mass is 10.2. The molecule has 0 unspecified atom stereocenters. The van der Waals surface area contributed by atoms with E-state index in [9.17, 15) is 0 Å². The van der Waals surface area contributed by atoms with Gasteiger partial charge in [-0.25, -0.2) is 0 Å². The monoisotopic (exact) mass is 95.1 g/mol. The van der Waals surface area contributed by atoms with Crippen LogP contribution in [-0.2, 0) is 0 Å². The summed E-state index contributed by atoms with van der Waals surface area (Å²) in [4.78, 5) is 0. The van der Waals surface area contributed by atoms with E-state index in [1.807, 2.05) is 0 Å². The minimum absolute atomic E-state index is 0.275. The number of hydrogen-bond donors (Lipinski definition) is 0. The summed E-state index contributed by atoms with van der Waals surface area (Å²) in [5, 5.41) is 0. The van der Waals surface area contributed by atoms with Gasteiger partial charge in [-0.05, 0) is 6.88 Å². The summed E-state index contributed by atoms with van der Waals surface area (Å²) in [5.74, 6) is 0. The average Bonchev–Trinajstić information content (AvgIpc) is 1.88. The molecular formula is C7H8. The fraction of sp³-hybridized carbons (Fsp3) is 0.143. The quantitative estimate of drug-likeness (QED) is 0.462. The molecule has 0 nitrogen and oxygen atoms in total. The lowest BCUT2D eigenvalue weighted by molar-refractivity contribution is 1.48. The summed E-state index contributed by atoms with van der Waals surface area (Å²) in [6, 6.07) is 6.97. The first-order chi connectivity index (χ1) is 4.72. The van der Waals surface area contributed by atoms with Gasteiger partial charge >= 0.3 is 0 Å². The molecule has 0 spiro atoms. The second kappa shape index (κ2) is 1.78. The van der Waals surface area contributed by atoms with E-state index in [2.05, 4.69) is 0 Å². The highest BCUT2D eigenvalue weighted by Gasteiger charge is 1.72. The molecule has 0 aliphatic carbocycles. The van der Waals surface area contributed by atoms with Gasteiger partial charge in [0.15, 0.2) is 0 Å². The Morgan fingerprint density at radius 3 is 3.14 bits per heavy atom. The minimum atomic E-state index is -1.03. The first kappa shape index (κ1) is 1.99. The van der Waals surface area contributed by atoms with E-state index in [0.29, 0.717) is 5.56 Å². The molecule has 0 fully saturated rings. The van der Waals surface area contributed by atoms with Crippen LogP contribution < -0.4 is 0 Å². The molecular weight excluding hydrogens is 84.1 g/mol. The first-order valence-electron chi connectivity index (χ1n) is 3.77. The Bertz CT molecular complexity index is 220. The predicted octanol–water partition coefficient (Wildman–Crippen LogP) is 2.00. The molecule has 7 heavy (non-hydrogen) atoms. The lowest BCUT2D eigenvalue weighted by Crippen LogP contribution is -1.62. The minimum Gasteiger partial charge on any atom is -0.0622 e. The van der Waals surface area contributed by atoms with E-state index in [1.54, 1.807) is 24.3 Å². The number of hydrogen-bond acceptors (Lipinski definition) is 0. The third-order valence-corrected chi connectivity index (χ3v) is 0.733. The highest BCUT2D eigenvalue weighted by atomic mass is 13.8. The van der Waals surface area contributed by atoms with Crippen molar-refractivity contribution in [2.24, 2.45) is 0 Å².